The zero-order chi connectivity index (χ0) is 11.8. The molecule has 16 heavy (non-hydrogen) atoms. The normalized spacial score (nSPS) is 14.9. The van der Waals surface area contributed by atoms with Crippen LogP contribution in [0.5, 0.6) is 0 Å². The highest BCUT2D eigenvalue weighted by Crippen LogP contribution is 2.06. The van der Waals surface area contributed by atoms with Crippen molar-refractivity contribution in [2.75, 3.05) is 13.7 Å². The number of furan rings is 1. The zero-order valence-corrected chi connectivity index (χ0v) is 10.5. The van der Waals surface area contributed by atoms with Gasteiger partial charge in [0.2, 0.25) is 0 Å². The maximum absolute atomic E-state index is 5.31. The standard InChI is InChI=1S/C13H23NO2/c1-11(14-12(2)8-10-15-3)6-7-13-5-4-9-16-13/h4-5,9,11-12,14H,6-8,10H2,1-3H3. The zero-order valence-electron chi connectivity index (χ0n) is 10.5. The van der Waals surface area contributed by atoms with Crippen LogP contribution in [0.25, 0.3) is 0 Å². The second-order valence-electron chi connectivity index (χ2n) is 4.37. The summed E-state index contributed by atoms with van der Waals surface area (Å²) in [6.07, 6.45) is 4.89. The molecular weight excluding hydrogens is 202 g/mol. The van der Waals surface area contributed by atoms with E-state index in [1.165, 1.54) is 0 Å². The Morgan fingerprint density at radius 3 is 2.69 bits per heavy atom. The maximum Gasteiger partial charge on any atom is 0.103 e. The second kappa shape index (κ2) is 7.47. The van der Waals surface area contributed by atoms with Crippen LogP contribution in [0.3, 0.4) is 0 Å². The first-order chi connectivity index (χ1) is 7.72. The van der Waals surface area contributed by atoms with Gasteiger partial charge in [-0.3, -0.25) is 0 Å². The highest BCUT2D eigenvalue weighted by Gasteiger charge is 2.07. The van der Waals surface area contributed by atoms with Gasteiger partial charge in [0.15, 0.2) is 0 Å². The molecule has 0 aliphatic heterocycles. The Bertz CT molecular complexity index is 259. The Kier molecular flexibility index (Phi) is 6.19. The summed E-state index contributed by atoms with van der Waals surface area (Å²) >= 11 is 0. The average molecular weight is 225 g/mol. The van der Waals surface area contributed by atoms with Gasteiger partial charge in [0, 0.05) is 32.2 Å². The summed E-state index contributed by atoms with van der Waals surface area (Å²) in [5, 5.41) is 3.56. The molecule has 0 radical (unpaired) electrons. The van der Waals surface area contributed by atoms with Crippen LogP contribution in [0.4, 0.5) is 0 Å². The summed E-state index contributed by atoms with van der Waals surface area (Å²) in [4.78, 5) is 0. The fraction of sp³-hybridized carbons (Fsp3) is 0.692. The third-order valence-electron chi connectivity index (χ3n) is 2.73. The topological polar surface area (TPSA) is 34.4 Å². The maximum atomic E-state index is 5.31. The van der Waals surface area contributed by atoms with Crippen molar-refractivity contribution in [2.45, 2.75) is 45.2 Å². The van der Waals surface area contributed by atoms with Crippen LogP contribution in [0.15, 0.2) is 22.8 Å². The van der Waals surface area contributed by atoms with Gasteiger partial charge >= 0.3 is 0 Å². The number of ether oxygens (including phenoxy) is 1. The van der Waals surface area contributed by atoms with E-state index < -0.39 is 0 Å². The van der Waals surface area contributed by atoms with E-state index in [1.807, 2.05) is 12.1 Å². The number of aryl methyl sites for hydroxylation is 1. The van der Waals surface area contributed by atoms with Gasteiger partial charge in [-0.15, -0.1) is 0 Å². The predicted octanol–water partition coefficient (Wildman–Crippen LogP) is 2.62. The highest BCUT2D eigenvalue weighted by molar-refractivity contribution is 4.98. The molecule has 0 aliphatic rings. The summed E-state index contributed by atoms with van der Waals surface area (Å²) in [5.74, 6) is 1.07. The Labute approximate surface area is 98.2 Å². The third-order valence-corrected chi connectivity index (χ3v) is 2.73. The fourth-order valence-corrected chi connectivity index (χ4v) is 1.76. The lowest BCUT2D eigenvalue weighted by Crippen LogP contribution is -2.35. The molecule has 1 aromatic heterocycles. The Morgan fingerprint density at radius 1 is 1.31 bits per heavy atom. The van der Waals surface area contributed by atoms with Crippen molar-refractivity contribution < 1.29 is 9.15 Å². The van der Waals surface area contributed by atoms with E-state index in [9.17, 15) is 0 Å². The Morgan fingerprint density at radius 2 is 2.06 bits per heavy atom. The molecule has 3 heteroatoms. The van der Waals surface area contributed by atoms with Gasteiger partial charge in [-0.25, -0.2) is 0 Å². The van der Waals surface area contributed by atoms with E-state index in [-0.39, 0.29) is 0 Å². The quantitative estimate of drug-likeness (QED) is 0.738. The molecule has 0 amide bonds. The highest BCUT2D eigenvalue weighted by atomic mass is 16.5. The SMILES string of the molecule is COCCC(C)NC(C)CCc1ccco1. The van der Waals surface area contributed by atoms with E-state index in [1.54, 1.807) is 13.4 Å². The van der Waals surface area contributed by atoms with E-state index >= 15 is 0 Å². The summed E-state index contributed by atoms with van der Waals surface area (Å²) in [6.45, 7) is 5.23. The summed E-state index contributed by atoms with van der Waals surface area (Å²) in [5.41, 5.74) is 0. The van der Waals surface area contributed by atoms with E-state index in [4.69, 9.17) is 9.15 Å². The first-order valence-corrected chi connectivity index (χ1v) is 5.99. The lowest BCUT2D eigenvalue weighted by atomic mass is 10.1. The third kappa shape index (κ3) is 5.33. The van der Waals surface area contributed by atoms with Crippen molar-refractivity contribution in [1.82, 2.24) is 5.32 Å². The second-order valence-corrected chi connectivity index (χ2v) is 4.37. The van der Waals surface area contributed by atoms with Crippen molar-refractivity contribution in [1.29, 1.82) is 0 Å². The van der Waals surface area contributed by atoms with E-state index in [0.29, 0.717) is 12.1 Å². The smallest absolute Gasteiger partial charge is 0.103 e. The molecule has 2 atom stereocenters. The minimum atomic E-state index is 0.506. The number of nitrogens with one attached hydrogen (secondary N) is 1. The van der Waals surface area contributed by atoms with Crippen molar-refractivity contribution in [2.24, 2.45) is 0 Å². The average Bonchev–Trinajstić information content (AvgIpc) is 2.76. The van der Waals surface area contributed by atoms with Crippen molar-refractivity contribution in [3.63, 3.8) is 0 Å². The van der Waals surface area contributed by atoms with Crippen LogP contribution in [-0.2, 0) is 11.2 Å². The lowest BCUT2D eigenvalue weighted by Gasteiger charge is -2.19. The van der Waals surface area contributed by atoms with Gasteiger partial charge in [-0.2, -0.15) is 0 Å². The predicted molar refractivity (Wildman–Crippen MR) is 65.6 cm³/mol. The lowest BCUT2D eigenvalue weighted by molar-refractivity contribution is 0.182. The molecule has 1 rings (SSSR count). The van der Waals surface area contributed by atoms with E-state index in [0.717, 1.165) is 31.6 Å². The van der Waals surface area contributed by atoms with Crippen LogP contribution in [-0.4, -0.2) is 25.8 Å². The molecule has 0 aromatic carbocycles. The van der Waals surface area contributed by atoms with Crippen LogP contribution in [0, 0.1) is 0 Å². The Balaban J connectivity index is 2.12. The van der Waals surface area contributed by atoms with Crippen molar-refractivity contribution in [3.8, 4) is 0 Å². The number of rotatable bonds is 8. The monoisotopic (exact) mass is 225 g/mol. The molecule has 0 saturated heterocycles. The molecule has 92 valence electrons. The molecule has 0 aliphatic carbocycles. The van der Waals surface area contributed by atoms with Crippen LogP contribution < -0.4 is 5.32 Å². The molecule has 1 aromatic rings. The molecule has 2 unspecified atom stereocenters. The van der Waals surface area contributed by atoms with Crippen molar-refractivity contribution in [3.05, 3.63) is 24.2 Å². The number of hydrogen-bond donors (Lipinski definition) is 1. The summed E-state index contributed by atoms with van der Waals surface area (Å²) < 4.78 is 10.4. The minimum Gasteiger partial charge on any atom is -0.469 e. The number of hydrogen-bond acceptors (Lipinski definition) is 3. The molecule has 1 heterocycles. The van der Waals surface area contributed by atoms with Crippen LogP contribution in [0.2, 0.25) is 0 Å². The molecular formula is C13H23NO2. The molecule has 0 saturated carbocycles. The van der Waals surface area contributed by atoms with Gasteiger partial charge in [-0.1, -0.05) is 0 Å². The first kappa shape index (κ1) is 13.3. The number of methoxy groups -OCH3 is 1. The molecule has 0 bridgehead atoms. The molecule has 3 nitrogen and oxygen atoms in total. The van der Waals surface area contributed by atoms with Gasteiger partial charge in [0.25, 0.3) is 0 Å². The minimum absolute atomic E-state index is 0.506. The molecule has 0 spiro atoms. The molecule has 0 fully saturated rings. The Hall–Kier alpha value is -0.800. The first-order valence-electron chi connectivity index (χ1n) is 5.99. The van der Waals surface area contributed by atoms with Crippen molar-refractivity contribution >= 4 is 0 Å². The van der Waals surface area contributed by atoms with Crippen LogP contribution >= 0.6 is 0 Å². The van der Waals surface area contributed by atoms with Crippen LogP contribution in [0.1, 0.15) is 32.4 Å². The van der Waals surface area contributed by atoms with Gasteiger partial charge in [0.1, 0.15) is 5.76 Å². The van der Waals surface area contributed by atoms with Gasteiger partial charge in [-0.05, 0) is 38.8 Å². The van der Waals surface area contributed by atoms with E-state index in [2.05, 4.69) is 19.2 Å². The van der Waals surface area contributed by atoms with Gasteiger partial charge < -0.3 is 14.5 Å². The summed E-state index contributed by atoms with van der Waals surface area (Å²) in [7, 11) is 1.74. The molecule has 1 N–H and O–H groups in total. The summed E-state index contributed by atoms with van der Waals surface area (Å²) in [6, 6.07) is 4.99. The fourth-order valence-electron chi connectivity index (χ4n) is 1.76. The van der Waals surface area contributed by atoms with Gasteiger partial charge in [0.05, 0.1) is 6.26 Å². The largest absolute Gasteiger partial charge is 0.469 e.